The van der Waals surface area contributed by atoms with Gasteiger partial charge >= 0.3 is 12.1 Å². The number of nitrogens with one attached hydrogen (secondary N) is 1. The molecule has 1 amide bonds. The molecule has 10 heteroatoms. The van der Waals surface area contributed by atoms with Crippen LogP contribution in [0, 0.1) is 10.1 Å². The van der Waals surface area contributed by atoms with Crippen LogP contribution in [-0.2, 0) is 14.2 Å². The molecular weight excluding hydrogens is 404 g/mol. The molecule has 0 aromatic heterocycles. The fourth-order valence-electron chi connectivity index (χ4n) is 2.58. The highest BCUT2D eigenvalue weighted by atomic mass is 35.5. The number of ether oxygens (including phenoxy) is 3. The van der Waals surface area contributed by atoms with Crippen molar-refractivity contribution >= 4 is 29.4 Å². The molecular formula is C19H19ClN2O7. The summed E-state index contributed by atoms with van der Waals surface area (Å²) in [6, 6.07) is 10.7. The van der Waals surface area contributed by atoms with E-state index in [-0.39, 0.29) is 24.4 Å². The molecule has 0 saturated carbocycles. The van der Waals surface area contributed by atoms with Gasteiger partial charge in [-0.25, -0.2) is 9.59 Å². The molecule has 0 aliphatic rings. The topological polar surface area (TPSA) is 117 Å². The quantitative estimate of drug-likeness (QED) is 0.299. The van der Waals surface area contributed by atoms with Crippen LogP contribution in [0.3, 0.4) is 0 Å². The van der Waals surface area contributed by atoms with Crippen molar-refractivity contribution in [3.63, 3.8) is 0 Å². The molecule has 0 radical (unpaired) electrons. The fraction of sp³-hybridized carbons (Fsp3) is 0.263. The molecule has 0 fully saturated rings. The van der Waals surface area contributed by atoms with Gasteiger partial charge in [-0.2, -0.15) is 0 Å². The van der Waals surface area contributed by atoms with Crippen LogP contribution in [0.2, 0.25) is 5.02 Å². The molecule has 0 spiro atoms. The van der Waals surface area contributed by atoms with Crippen molar-refractivity contribution in [2.24, 2.45) is 0 Å². The number of hydrogen-bond acceptors (Lipinski definition) is 7. The van der Waals surface area contributed by atoms with Gasteiger partial charge in [0, 0.05) is 23.7 Å². The maximum atomic E-state index is 12.0. The lowest BCUT2D eigenvalue weighted by Gasteiger charge is -2.20. The largest absolute Gasteiger partial charge is 0.465 e. The summed E-state index contributed by atoms with van der Waals surface area (Å²) in [7, 11) is 2.42. The summed E-state index contributed by atoms with van der Waals surface area (Å²) < 4.78 is 15.0. The van der Waals surface area contributed by atoms with E-state index in [0.717, 1.165) is 6.07 Å². The molecule has 0 aliphatic heterocycles. The predicted octanol–water partition coefficient (Wildman–Crippen LogP) is 3.50. The summed E-state index contributed by atoms with van der Waals surface area (Å²) in [6.45, 7) is 0.213. The third-order valence-electron chi connectivity index (χ3n) is 3.87. The molecule has 1 N–H and O–H groups in total. The zero-order chi connectivity index (χ0) is 21.4. The molecule has 154 valence electrons. The Hall–Kier alpha value is -3.17. The van der Waals surface area contributed by atoms with Crippen molar-refractivity contribution < 1.29 is 28.7 Å². The number of rotatable bonds is 8. The first kappa shape index (κ1) is 22.1. The summed E-state index contributed by atoms with van der Waals surface area (Å²) in [4.78, 5) is 33.9. The fourth-order valence-corrected chi connectivity index (χ4v) is 2.78. The van der Waals surface area contributed by atoms with Crippen molar-refractivity contribution in [1.82, 2.24) is 5.32 Å². The Bertz CT molecular complexity index is 904. The Kier molecular flexibility index (Phi) is 7.93. The monoisotopic (exact) mass is 422 g/mol. The zero-order valence-corrected chi connectivity index (χ0v) is 16.5. The number of alkyl carbamates (subject to hydrolysis) is 1. The molecule has 29 heavy (non-hydrogen) atoms. The van der Waals surface area contributed by atoms with E-state index in [9.17, 15) is 19.7 Å². The number of nitro groups is 1. The number of methoxy groups -OCH3 is 2. The van der Waals surface area contributed by atoms with Crippen molar-refractivity contribution in [2.45, 2.75) is 6.10 Å². The minimum atomic E-state index is -0.781. The lowest BCUT2D eigenvalue weighted by atomic mass is 9.98. The van der Waals surface area contributed by atoms with Gasteiger partial charge in [-0.15, -0.1) is 0 Å². The SMILES string of the molecule is COC(=O)NCCOC(c1cccc(Cl)c1)c1cc(C(=O)OC)cc([N+](=O)[O-])c1. The summed E-state index contributed by atoms with van der Waals surface area (Å²) in [5.74, 6) is -0.716. The number of esters is 1. The molecule has 9 nitrogen and oxygen atoms in total. The van der Waals surface area contributed by atoms with Gasteiger partial charge in [-0.05, 0) is 29.3 Å². The van der Waals surface area contributed by atoms with Crippen LogP contribution in [0.25, 0.3) is 0 Å². The van der Waals surface area contributed by atoms with Gasteiger partial charge in [0.2, 0.25) is 0 Å². The third kappa shape index (κ3) is 6.16. The van der Waals surface area contributed by atoms with Crippen LogP contribution >= 0.6 is 11.6 Å². The number of benzene rings is 2. The number of nitrogens with zero attached hydrogens (tertiary/aromatic N) is 1. The highest BCUT2D eigenvalue weighted by Crippen LogP contribution is 2.31. The maximum Gasteiger partial charge on any atom is 0.406 e. The van der Waals surface area contributed by atoms with Crippen LogP contribution in [0.1, 0.15) is 27.6 Å². The minimum absolute atomic E-state index is 0.0139. The Labute approximate surface area is 171 Å². The van der Waals surface area contributed by atoms with Crippen molar-refractivity contribution in [1.29, 1.82) is 0 Å². The number of carbonyl (C=O) groups excluding carboxylic acids is 2. The molecule has 1 atom stereocenters. The van der Waals surface area contributed by atoms with Gasteiger partial charge in [0.1, 0.15) is 6.10 Å². The number of amides is 1. The molecule has 2 aromatic carbocycles. The van der Waals surface area contributed by atoms with E-state index in [0.29, 0.717) is 16.1 Å². The van der Waals surface area contributed by atoms with Crippen molar-refractivity contribution in [2.75, 3.05) is 27.4 Å². The van der Waals surface area contributed by atoms with Gasteiger partial charge in [0.25, 0.3) is 5.69 Å². The van der Waals surface area contributed by atoms with E-state index in [2.05, 4.69) is 14.8 Å². The number of halogens is 1. The Morgan fingerprint density at radius 2 is 1.90 bits per heavy atom. The Morgan fingerprint density at radius 1 is 1.14 bits per heavy atom. The second kappa shape index (κ2) is 10.4. The highest BCUT2D eigenvalue weighted by Gasteiger charge is 2.22. The molecule has 2 rings (SSSR count). The van der Waals surface area contributed by atoms with Crippen LogP contribution in [0.15, 0.2) is 42.5 Å². The predicted molar refractivity (Wildman–Crippen MR) is 104 cm³/mol. The van der Waals surface area contributed by atoms with E-state index >= 15 is 0 Å². The first-order valence-electron chi connectivity index (χ1n) is 8.42. The van der Waals surface area contributed by atoms with Crippen LogP contribution in [0.5, 0.6) is 0 Å². The van der Waals surface area contributed by atoms with Gasteiger partial charge in [-0.3, -0.25) is 10.1 Å². The zero-order valence-electron chi connectivity index (χ0n) is 15.7. The van der Waals surface area contributed by atoms with Crippen LogP contribution in [0.4, 0.5) is 10.5 Å². The smallest absolute Gasteiger partial charge is 0.406 e. The Balaban J connectivity index is 2.41. The normalized spacial score (nSPS) is 11.4. The van der Waals surface area contributed by atoms with E-state index < -0.39 is 23.1 Å². The van der Waals surface area contributed by atoms with Crippen LogP contribution in [-0.4, -0.2) is 44.4 Å². The summed E-state index contributed by atoms with van der Waals surface area (Å²) in [6.07, 6.45) is -1.40. The highest BCUT2D eigenvalue weighted by molar-refractivity contribution is 6.30. The van der Waals surface area contributed by atoms with Gasteiger partial charge < -0.3 is 19.5 Å². The summed E-state index contributed by atoms with van der Waals surface area (Å²) >= 11 is 6.07. The maximum absolute atomic E-state index is 12.0. The second-order valence-corrected chi connectivity index (χ2v) is 6.22. The van der Waals surface area contributed by atoms with E-state index in [4.69, 9.17) is 16.3 Å². The second-order valence-electron chi connectivity index (χ2n) is 5.79. The molecule has 2 aromatic rings. The average Bonchev–Trinajstić information content (AvgIpc) is 2.72. The van der Waals surface area contributed by atoms with Crippen molar-refractivity contribution in [3.8, 4) is 0 Å². The third-order valence-corrected chi connectivity index (χ3v) is 4.10. The van der Waals surface area contributed by atoms with Crippen LogP contribution < -0.4 is 5.32 Å². The lowest BCUT2D eigenvalue weighted by Crippen LogP contribution is -2.27. The minimum Gasteiger partial charge on any atom is -0.465 e. The first-order valence-corrected chi connectivity index (χ1v) is 8.80. The first-order chi connectivity index (χ1) is 13.8. The molecule has 1 unspecified atom stereocenters. The van der Waals surface area contributed by atoms with Gasteiger partial charge in [0.15, 0.2) is 0 Å². The summed E-state index contributed by atoms with van der Waals surface area (Å²) in [5, 5.41) is 14.3. The summed E-state index contributed by atoms with van der Waals surface area (Å²) in [5.41, 5.74) is 0.707. The molecule has 0 heterocycles. The number of non-ortho nitro benzene ring substituents is 1. The Morgan fingerprint density at radius 3 is 2.52 bits per heavy atom. The van der Waals surface area contributed by atoms with E-state index in [1.807, 2.05) is 0 Å². The van der Waals surface area contributed by atoms with Gasteiger partial charge in [0.05, 0.1) is 31.3 Å². The van der Waals surface area contributed by atoms with E-state index in [1.165, 1.54) is 26.4 Å². The number of hydrogen-bond donors (Lipinski definition) is 1. The number of carbonyl (C=O) groups is 2. The standard InChI is InChI=1S/C19H19ClN2O7/c1-27-18(23)14-8-13(10-16(11-14)22(25)26)17(12-4-3-5-15(20)9-12)29-7-6-21-19(24)28-2/h3-5,8-11,17H,6-7H2,1-2H3,(H,21,24). The average molecular weight is 423 g/mol. The van der Waals surface area contributed by atoms with E-state index in [1.54, 1.807) is 24.3 Å². The molecule has 0 saturated heterocycles. The molecule has 0 aliphatic carbocycles. The lowest BCUT2D eigenvalue weighted by molar-refractivity contribution is -0.385. The number of nitro benzene ring substituents is 1. The van der Waals surface area contributed by atoms with Crippen molar-refractivity contribution in [3.05, 3.63) is 74.3 Å². The molecule has 0 bridgehead atoms. The van der Waals surface area contributed by atoms with Gasteiger partial charge in [-0.1, -0.05) is 23.7 Å².